The summed E-state index contributed by atoms with van der Waals surface area (Å²) >= 11 is 1.49. The van der Waals surface area contributed by atoms with Gasteiger partial charge in [0, 0.05) is 4.88 Å². The number of thiophene rings is 1. The summed E-state index contributed by atoms with van der Waals surface area (Å²) in [7, 11) is 0. The zero-order valence-electron chi connectivity index (χ0n) is 12.2. The van der Waals surface area contributed by atoms with Gasteiger partial charge in [-0.05, 0) is 51.0 Å². The van der Waals surface area contributed by atoms with Gasteiger partial charge in [-0.1, -0.05) is 0 Å². The number of fused-ring (bicyclic) bond motifs is 1. The second kappa shape index (κ2) is 5.42. The van der Waals surface area contributed by atoms with E-state index in [1.165, 1.54) is 16.2 Å². The second-order valence-electron chi connectivity index (χ2n) is 5.75. The minimum Gasteiger partial charge on any atom is -0.462 e. The number of hydrogen-bond acceptors (Lipinski definition) is 5. The monoisotopic (exact) mass is 308 g/mol. The molecule has 1 heterocycles. The van der Waals surface area contributed by atoms with E-state index in [-0.39, 0.29) is 11.9 Å². The summed E-state index contributed by atoms with van der Waals surface area (Å²) in [6.07, 6.45) is 5.30. The highest BCUT2D eigenvalue weighted by atomic mass is 32.1. The van der Waals surface area contributed by atoms with Crippen LogP contribution < -0.4 is 11.1 Å². The molecule has 1 aromatic heterocycles. The van der Waals surface area contributed by atoms with E-state index < -0.39 is 5.54 Å². The van der Waals surface area contributed by atoms with Crippen LogP contribution >= 0.6 is 11.3 Å². The molecule has 0 spiro atoms. The van der Waals surface area contributed by atoms with Crippen molar-refractivity contribution in [3.63, 3.8) is 0 Å². The summed E-state index contributed by atoms with van der Waals surface area (Å²) in [4.78, 5) is 25.7. The number of esters is 1. The van der Waals surface area contributed by atoms with Crippen LogP contribution in [0, 0.1) is 0 Å². The number of carbonyl (C=O) groups excluding carboxylic acids is 2. The quantitative estimate of drug-likeness (QED) is 0.836. The molecule has 3 N–H and O–H groups in total. The smallest absolute Gasteiger partial charge is 0.341 e. The first-order valence-electron chi connectivity index (χ1n) is 7.47. The first-order chi connectivity index (χ1) is 10.0. The lowest BCUT2D eigenvalue weighted by Crippen LogP contribution is -2.56. The third kappa shape index (κ3) is 2.46. The number of nitrogens with two attached hydrogens (primary N) is 1. The Morgan fingerprint density at radius 1 is 1.33 bits per heavy atom. The number of amides is 1. The molecule has 2 aliphatic rings. The molecule has 0 atom stereocenters. The van der Waals surface area contributed by atoms with E-state index in [1.807, 2.05) is 0 Å². The molecule has 1 aromatic rings. The van der Waals surface area contributed by atoms with Crippen LogP contribution in [0.3, 0.4) is 0 Å². The van der Waals surface area contributed by atoms with E-state index in [0.717, 1.165) is 31.2 Å². The van der Waals surface area contributed by atoms with Crippen molar-refractivity contribution in [2.24, 2.45) is 5.73 Å². The van der Waals surface area contributed by atoms with Crippen LogP contribution in [0.25, 0.3) is 0 Å². The van der Waals surface area contributed by atoms with Gasteiger partial charge in [0.25, 0.3) is 0 Å². The Kier molecular flexibility index (Phi) is 3.75. The second-order valence-corrected chi connectivity index (χ2v) is 6.85. The Bertz CT molecular complexity index is 590. The van der Waals surface area contributed by atoms with Gasteiger partial charge in [0.1, 0.15) is 5.00 Å². The Labute approximate surface area is 127 Å². The van der Waals surface area contributed by atoms with Gasteiger partial charge in [0.15, 0.2) is 0 Å². The Hall–Kier alpha value is -1.40. The van der Waals surface area contributed by atoms with E-state index in [9.17, 15) is 9.59 Å². The lowest BCUT2D eigenvalue weighted by Gasteiger charge is -2.36. The van der Waals surface area contributed by atoms with Crippen molar-refractivity contribution in [1.82, 2.24) is 0 Å². The summed E-state index contributed by atoms with van der Waals surface area (Å²) in [5.74, 6) is -0.522. The summed E-state index contributed by atoms with van der Waals surface area (Å²) in [5.41, 5.74) is 6.88. The number of hydrogen-bond donors (Lipinski definition) is 2. The van der Waals surface area contributed by atoms with Gasteiger partial charge in [0.2, 0.25) is 5.91 Å². The highest BCUT2D eigenvalue weighted by Gasteiger charge is 2.41. The SMILES string of the molecule is CCOC(=O)c1c(NC(=O)C2(N)CCC2)sc2c1CCC2. The van der Waals surface area contributed by atoms with Crippen LogP contribution in [-0.4, -0.2) is 24.0 Å². The number of rotatable bonds is 4. The molecule has 0 unspecified atom stereocenters. The molecule has 5 nitrogen and oxygen atoms in total. The van der Waals surface area contributed by atoms with Gasteiger partial charge in [-0.15, -0.1) is 11.3 Å². The van der Waals surface area contributed by atoms with Crippen molar-refractivity contribution in [1.29, 1.82) is 0 Å². The number of nitrogens with one attached hydrogen (secondary N) is 1. The average molecular weight is 308 g/mol. The van der Waals surface area contributed by atoms with Gasteiger partial charge < -0.3 is 15.8 Å². The molecule has 0 saturated heterocycles. The molecule has 0 aromatic carbocycles. The van der Waals surface area contributed by atoms with Crippen molar-refractivity contribution >= 4 is 28.2 Å². The largest absolute Gasteiger partial charge is 0.462 e. The standard InChI is InChI=1S/C15H20N2O3S/c1-2-20-13(18)11-9-5-3-6-10(9)21-12(11)17-14(19)15(16)7-4-8-15/h2-8,16H2,1H3,(H,17,19). The maximum absolute atomic E-state index is 12.3. The summed E-state index contributed by atoms with van der Waals surface area (Å²) in [6, 6.07) is 0. The van der Waals surface area contributed by atoms with E-state index in [1.54, 1.807) is 6.92 Å². The highest BCUT2D eigenvalue weighted by Crippen LogP contribution is 2.40. The molecule has 21 heavy (non-hydrogen) atoms. The van der Waals surface area contributed by atoms with Crippen molar-refractivity contribution < 1.29 is 14.3 Å². The average Bonchev–Trinajstić information content (AvgIpc) is 2.96. The van der Waals surface area contributed by atoms with Gasteiger partial charge >= 0.3 is 5.97 Å². The summed E-state index contributed by atoms with van der Waals surface area (Å²) in [5, 5.41) is 3.49. The minimum absolute atomic E-state index is 0.181. The van der Waals surface area contributed by atoms with Crippen LogP contribution in [0.1, 0.15) is 53.4 Å². The number of aryl methyl sites for hydroxylation is 1. The molecule has 1 fully saturated rings. The Morgan fingerprint density at radius 2 is 2.10 bits per heavy atom. The van der Waals surface area contributed by atoms with E-state index in [4.69, 9.17) is 10.5 Å². The van der Waals surface area contributed by atoms with Gasteiger partial charge in [0.05, 0.1) is 17.7 Å². The molecule has 3 rings (SSSR count). The number of carbonyl (C=O) groups is 2. The molecule has 1 amide bonds. The maximum atomic E-state index is 12.3. The van der Waals surface area contributed by atoms with Crippen LogP contribution in [-0.2, 0) is 22.4 Å². The third-order valence-corrected chi connectivity index (χ3v) is 5.53. The first-order valence-corrected chi connectivity index (χ1v) is 8.29. The van der Waals surface area contributed by atoms with Crippen LogP contribution in [0.4, 0.5) is 5.00 Å². The fourth-order valence-electron chi connectivity index (χ4n) is 2.92. The molecule has 2 aliphatic carbocycles. The highest BCUT2D eigenvalue weighted by molar-refractivity contribution is 7.17. The zero-order valence-corrected chi connectivity index (χ0v) is 13.0. The van der Waals surface area contributed by atoms with Gasteiger partial charge in [-0.25, -0.2) is 4.79 Å². The van der Waals surface area contributed by atoms with Crippen molar-refractivity contribution in [2.75, 3.05) is 11.9 Å². The molecular formula is C15H20N2O3S. The van der Waals surface area contributed by atoms with Crippen LogP contribution in [0.2, 0.25) is 0 Å². The predicted octanol–water partition coefficient (Wildman–Crippen LogP) is 2.23. The summed E-state index contributed by atoms with van der Waals surface area (Å²) < 4.78 is 5.14. The topological polar surface area (TPSA) is 81.4 Å². The van der Waals surface area contributed by atoms with Crippen molar-refractivity contribution in [2.45, 2.75) is 51.0 Å². The van der Waals surface area contributed by atoms with Crippen LogP contribution in [0.5, 0.6) is 0 Å². The van der Waals surface area contributed by atoms with Crippen LogP contribution in [0.15, 0.2) is 0 Å². The normalized spacial score (nSPS) is 18.8. The third-order valence-electron chi connectivity index (χ3n) is 4.33. The van der Waals surface area contributed by atoms with E-state index >= 15 is 0 Å². The Morgan fingerprint density at radius 3 is 2.71 bits per heavy atom. The maximum Gasteiger partial charge on any atom is 0.341 e. The molecular weight excluding hydrogens is 288 g/mol. The van der Waals surface area contributed by atoms with Crippen molar-refractivity contribution in [3.8, 4) is 0 Å². The zero-order chi connectivity index (χ0) is 15.0. The van der Waals surface area contributed by atoms with Gasteiger partial charge in [-0.2, -0.15) is 0 Å². The molecule has 114 valence electrons. The number of ether oxygens (including phenoxy) is 1. The molecule has 0 radical (unpaired) electrons. The molecule has 6 heteroatoms. The fourth-order valence-corrected chi connectivity index (χ4v) is 4.20. The van der Waals surface area contributed by atoms with Crippen molar-refractivity contribution in [3.05, 3.63) is 16.0 Å². The fraction of sp³-hybridized carbons (Fsp3) is 0.600. The molecule has 1 saturated carbocycles. The molecule has 0 bridgehead atoms. The molecule has 0 aliphatic heterocycles. The predicted molar refractivity (Wildman–Crippen MR) is 81.7 cm³/mol. The van der Waals surface area contributed by atoms with E-state index in [2.05, 4.69) is 5.32 Å². The lowest BCUT2D eigenvalue weighted by atomic mass is 9.77. The van der Waals surface area contributed by atoms with Gasteiger partial charge in [-0.3, -0.25) is 4.79 Å². The Balaban J connectivity index is 1.88. The minimum atomic E-state index is -0.764. The lowest BCUT2D eigenvalue weighted by molar-refractivity contribution is -0.123. The first kappa shape index (κ1) is 14.5. The van der Waals surface area contributed by atoms with E-state index in [0.29, 0.717) is 30.0 Å². The number of anilines is 1. The summed E-state index contributed by atoms with van der Waals surface area (Å²) in [6.45, 7) is 2.11.